The van der Waals surface area contributed by atoms with Gasteiger partial charge in [-0.3, -0.25) is 48.5 Å². The normalized spacial score (nSPS) is 16.8. The number of nitrogens with zero attached hydrogens (tertiary/aromatic N) is 7. The van der Waals surface area contributed by atoms with Gasteiger partial charge < -0.3 is 35.3 Å². The molecule has 0 unspecified atom stereocenters. The van der Waals surface area contributed by atoms with Crippen molar-refractivity contribution in [3.63, 3.8) is 0 Å². The Hall–Kier alpha value is -2.93. The molecule has 0 atom stereocenters. The van der Waals surface area contributed by atoms with E-state index in [0.717, 1.165) is 0 Å². The fraction of sp³-hybridized carbons (Fsp3) is 0.808. The van der Waals surface area contributed by atoms with E-state index >= 15 is 0 Å². The standard InChI is InChI=1S/C26H47N7O10/c34-15-13-27-5-9-32(10-6-27)22(36)17-30(20-25(40)41)3-1-29(19-24(38)39)2-4-31(21-26(42)43)18-23(37)33-11-7-28(8-12-33)14-16-35/h34-35H,1-21H2,(H,38,39)(H,40,41)(H,42,43). The number of carbonyl (C=O) groups excluding carboxylic acids is 2. The van der Waals surface area contributed by atoms with Crippen LogP contribution in [0.4, 0.5) is 0 Å². The number of β-amino-alcohol motifs (C(OH)–C–C–N with tert-alkyl or cyclic N) is 2. The fourth-order valence-electron chi connectivity index (χ4n) is 5.14. The number of amides is 2. The average molecular weight is 618 g/mol. The SMILES string of the molecule is O=C(O)CN(CCN(CC(=O)O)CC(=O)N1CCN(CCO)CC1)CCN(CC(=O)O)CC(=O)N1CCN(CCO)CC1. The first kappa shape index (κ1) is 36.3. The number of rotatable bonds is 20. The summed E-state index contributed by atoms with van der Waals surface area (Å²) in [5, 5.41) is 46.4. The Morgan fingerprint density at radius 1 is 0.465 bits per heavy atom. The van der Waals surface area contributed by atoms with Gasteiger partial charge in [0.2, 0.25) is 11.8 Å². The maximum absolute atomic E-state index is 12.9. The van der Waals surface area contributed by atoms with E-state index in [4.69, 9.17) is 10.2 Å². The lowest BCUT2D eigenvalue weighted by atomic mass is 10.3. The highest BCUT2D eigenvalue weighted by Gasteiger charge is 2.26. The van der Waals surface area contributed by atoms with Crippen molar-refractivity contribution in [1.29, 1.82) is 0 Å². The van der Waals surface area contributed by atoms with E-state index in [9.17, 15) is 39.3 Å². The largest absolute Gasteiger partial charge is 0.480 e. The maximum atomic E-state index is 12.9. The van der Waals surface area contributed by atoms with E-state index in [0.29, 0.717) is 65.4 Å². The Balaban J connectivity index is 1.94. The lowest BCUT2D eigenvalue weighted by Crippen LogP contribution is -2.53. The van der Waals surface area contributed by atoms with Crippen LogP contribution in [-0.4, -0.2) is 227 Å². The summed E-state index contributed by atoms with van der Waals surface area (Å²) >= 11 is 0. The second-order valence-corrected chi connectivity index (χ2v) is 10.8. The van der Waals surface area contributed by atoms with Crippen molar-refractivity contribution in [1.82, 2.24) is 34.3 Å². The molecule has 0 aromatic rings. The van der Waals surface area contributed by atoms with Crippen LogP contribution in [0.25, 0.3) is 0 Å². The summed E-state index contributed by atoms with van der Waals surface area (Å²) < 4.78 is 0. The smallest absolute Gasteiger partial charge is 0.317 e. The third-order valence-corrected chi connectivity index (χ3v) is 7.54. The van der Waals surface area contributed by atoms with Crippen LogP contribution in [0.1, 0.15) is 0 Å². The predicted octanol–water partition coefficient (Wildman–Crippen LogP) is -4.58. The number of carboxylic acids is 3. The molecule has 2 fully saturated rings. The molecule has 43 heavy (non-hydrogen) atoms. The minimum atomic E-state index is -1.13. The Morgan fingerprint density at radius 3 is 1.07 bits per heavy atom. The van der Waals surface area contributed by atoms with Crippen molar-refractivity contribution < 1.29 is 49.5 Å². The fourth-order valence-corrected chi connectivity index (χ4v) is 5.14. The first-order valence-electron chi connectivity index (χ1n) is 14.5. The van der Waals surface area contributed by atoms with Crippen molar-refractivity contribution >= 4 is 29.7 Å². The zero-order valence-corrected chi connectivity index (χ0v) is 24.8. The number of hydrogen-bond donors (Lipinski definition) is 5. The third-order valence-electron chi connectivity index (χ3n) is 7.54. The van der Waals surface area contributed by atoms with Crippen LogP contribution in [0, 0.1) is 0 Å². The van der Waals surface area contributed by atoms with Crippen LogP contribution >= 0.6 is 0 Å². The lowest BCUT2D eigenvalue weighted by molar-refractivity contribution is -0.142. The van der Waals surface area contributed by atoms with E-state index in [1.54, 1.807) is 9.80 Å². The summed E-state index contributed by atoms with van der Waals surface area (Å²) in [6, 6.07) is 0. The molecular formula is C26H47N7O10. The summed E-state index contributed by atoms with van der Waals surface area (Å²) in [5.74, 6) is -3.86. The van der Waals surface area contributed by atoms with Crippen LogP contribution < -0.4 is 0 Å². The zero-order valence-electron chi connectivity index (χ0n) is 24.8. The highest BCUT2D eigenvalue weighted by molar-refractivity contribution is 5.80. The quantitative estimate of drug-likeness (QED) is 0.0871. The number of piperazine rings is 2. The topological polar surface area (TPSA) is 209 Å². The molecule has 0 spiro atoms. The molecule has 2 aliphatic rings. The molecule has 2 rings (SSSR count). The summed E-state index contributed by atoms with van der Waals surface area (Å²) in [6.07, 6.45) is 0. The minimum absolute atomic E-state index is 0.0288. The molecule has 0 bridgehead atoms. The third kappa shape index (κ3) is 14.4. The Labute approximate surface area is 251 Å². The van der Waals surface area contributed by atoms with E-state index in [2.05, 4.69) is 0 Å². The molecule has 17 nitrogen and oxygen atoms in total. The van der Waals surface area contributed by atoms with Crippen LogP contribution in [0.15, 0.2) is 0 Å². The van der Waals surface area contributed by atoms with Gasteiger partial charge in [-0.15, -0.1) is 0 Å². The zero-order chi connectivity index (χ0) is 31.8. The first-order valence-corrected chi connectivity index (χ1v) is 14.5. The molecule has 0 aromatic heterocycles. The molecule has 2 saturated heterocycles. The number of aliphatic hydroxyl groups is 2. The first-order chi connectivity index (χ1) is 20.5. The van der Waals surface area contributed by atoms with Gasteiger partial charge in [0.05, 0.1) is 45.9 Å². The number of carboxylic acid groups (broad SMARTS) is 3. The van der Waals surface area contributed by atoms with Crippen molar-refractivity contribution in [3.8, 4) is 0 Å². The van der Waals surface area contributed by atoms with Crippen LogP contribution in [0.5, 0.6) is 0 Å². The number of hydrogen-bond acceptors (Lipinski definition) is 12. The van der Waals surface area contributed by atoms with E-state index in [1.807, 2.05) is 9.80 Å². The molecular weight excluding hydrogens is 570 g/mol. The molecule has 0 radical (unpaired) electrons. The van der Waals surface area contributed by atoms with Crippen LogP contribution in [-0.2, 0) is 24.0 Å². The maximum Gasteiger partial charge on any atom is 0.317 e. The monoisotopic (exact) mass is 617 g/mol. The molecule has 2 amide bonds. The van der Waals surface area contributed by atoms with E-state index in [-0.39, 0.29) is 70.8 Å². The van der Waals surface area contributed by atoms with Gasteiger partial charge in [-0.1, -0.05) is 0 Å². The average Bonchev–Trinajstić information content (AvgIpc) is 2.94. The summed E-state index contributed by atoms with van der Waals surface area (Å²) in [4.78, 5) is 72.1. The van der Waals surface area contributed by atoms with Gasteiger partial charge in [-0.2, -0.15) is 0 Å². The second-order valence-electron chi connectivity index (χ2n) is 10.8. The molecule has 17 heteroatoms. The van der Waals surface area contributed by atoms with Crippen molar-refractivity contribution in [2.45, 2.75) is 0 Å². The van der Waals surface area contributed by atoms with E-state index in [1.165, 1.54) is 14.7 Å². The summed E-state index contributed by atoms with van der Waals surface area (Å²) in [6.45, 7) is 4.23. The number of carbonyl (C=O) groups is 5. The van der Waals surface area contributed by atoms with Gasteiger partial charge in [0, 0.05) is 91.6 Å². The van der Waals surface area contributed by atoms with Gasteiger partial charge in [0.1, 0.15) is 0 Å². The van der Waals surface area contributed by atoms with Crippen LogP contribution in [0.2, 0.25) is 0 Å². The highest BCUT2D eigenvalue weighted by atomic mass is 16.4. The summed E-state index contributed by atoms with van der Waals surface area (Å²) in [5.41, 5.74) is 0. The Bertz CT molecular complexity index is 847. The Morgan fingerprint density at radius 2 is 0.767 bits per heavy atom. The lowest BCUT2D eigenvalue weighted by Gasteiger charge is -2.36. The predicted molar refractivity (Wildman–Crippen MR) is 152 cm³/mol. The molecule has 246 valence electrons. The minimum Gasteiger partial charge on any atom is -0.480 e. The summed E-state index contributed by atoms with van der Waals surface area (Å²) in [7, 11) is 0. The molecule has 5 N–H and O–H groups in total. The van der Waals surface area contributed by atoms with Crippen molar-refractivity contribution in [2.24, 2.45) is 0 Å². The van der Waals surface area contributed by atoms with Gasteiger partial charge in [0.15, 0.2) is 0 Å². The molecule has 2 aliphatic heterocycles. The van der Waals surface area contributed by atoms with Crippen LogP contribution in [0.3, 0.4) is 0 Å². The molecule has 0 saturated carbocycles. The van der Waals surface area contributed by atoms with Gasteiger partial charge >= 0.3 is 17.9 Å². The van der Waals surface area contributed by atoms with Crippen molar-refractivity contribution in [3.05, 3.63) is 0 Å². The highest BCUT2D eigenvalue weighted by Crippen LogP contribution is 2.06. The molecule has 0 aromatic carbocycles. The number of aliphatic carboxylic acids is 3. The van der Waals surface area contributed by atoms with Gasteiger partial charge in [0.25, 0.3) is 0 Å². The second kappa shape index (κ2) is 19.4. The van der Waals surface area contributed by atoms with Crippen molar-refractivity contribution in [2.75, 3.05) is 138 Å². The van der Waals surface area contributed by atoms with Gasteiger partial charge in [-0.25, -0.2) is 0 Å². The molecule has 2 heterocycles. The van der Waals surface area contributed by atoms with Gasteiger partial charge in [-0.05, 0) is 0 Å². The molecule has 0 aliphatic carbocycles. The number of aliphatic hydroxyl groups excluding tert-OH is 2. The van der Waals surface area contributed by atoms with E-state index < -0.39 is 31.0 Å². The Kier molecular flexibility index (Phi) is 16.3.